The van der Waals surface area contributed by atoms with Gasteiger partial charge in [0.1, 0.15) is 6.61 Å². The van der Waals surface area contributed by atoms with Gasteiger partial charge in [-0.25, -0.2) is 0 Å². The Hall–Kier alpha value is -1.13. The van der Waals surface area contributed by atoms with E-state index in [4.69, 9.17) is 13.9 Å². The highest BCUT2D eigenvalue weighted by atomic mass is 16.5. The number of ketones is 1. The van der Waals surface area contributed by atoms with E-state index in [2.05, 4.69) is 0 Å². The first-order chi connectivity index (χ1) is 6.86. The van der Waals surface area contributed by atoms with Crippen LogP contribution in [0.15, 0.2) is 22.8 Å². The molecule has 0 amide bonds. The summed E-state index contributed by atoms with van der Waals surface area (Å²) in [5.41, 5.74) is 0. The first-order valence-corrected chi connectivity index (χ1v) is 4.62. The minimum atomic E-state index is -0.123. The average Bonchev–Trinajstić information content (AvgIpc) is 2.87. The number of furan rings is 1. The maximum atomic E-state index is 11.4. The van der Waals surface area contributed by atoms with Crippen molar-refractivity contribution in [2.24, 2.45) is 0 Å². The molecule has 1 unspecified atom stereocenters. The van der Waals surface area contributed by atoms with Crippen LogP contribution in [0.5, 0.6) is 0 Å². The normalized spacial score (nSPS) is 21.3. The molecule has 1 aliphatic heterocycles. The van der Waals surface area contributed by atoms with Crippen molar-refractivity contribution in [3.8, 4) is 0 Å². The van der Waals surface area contributed by atoms with Crippen molar-refractivity contribution in [3.63, 3.8) is 0 Å². The molecule has 0 spiro atoms. The molecule has 0 radical (unpaired) electrons. The Balaban J connectivity index is 1.78. The maximum absolute atomic E-state index is 11.4. The first-order valence-electron chi connectivity index (χ1n) is 4.62. The predicted octanol–water partition coefficient (Wildman–Crippen LogP) is 1.27. The van der Waals surface area contributed by atoms with Gasteiger partial charge in [0.2, 0.25) is 5.78 Å². The van der Waals surface area contributed by atoms with E-state index in [1.807, 2.05) is 0 Å². The van der Waals surface area contributed by atoms with Gasteiger partial charge in [-0.15, -0.1) is 0 Å². The summed E-state index contributed by atoms with van der Waals surface area (Å²) >= 11 is 0. The Morgan fingerprint density at radius 2 is 2.57 bits per heavy atom. The molecule has 2 rings (SSSR count). The Bertz CT molecular complexity index is 285. The van der Waals surface area contributed by atoms with Gasteiger partial charge in [-0.05, 0) is 18.6 Å². The second-order valence-corrected chi connectivity index (χ2v) is 3.20. The van der Waals surface area contributed by atoms with Crippen LogP contribution in [0.2, 0.25) is 0 Å². The molecule has 0 N–H and O–H groups in total. The van der Waals surface area contributed by atoms with E-state index >= 15 is 0 Å². The zero-order chi connectivity index (χ0) is 9.80. The third kappa shape index (κ3) is 2.21. The van der Waals surface area contributed by atoms with Gasteiger partial charge in [0.15, 0.2) is 5.76 Å². The van der Waals surface area contributed by atoms with Crippen molar-refractivity contribution in [2.75, 3.05) is 19.8 Å². The molecule has 76 valence electrons. The zero-order valence-electron chi connectivity index (χ0n) is 7.77. The molecular formula is C10H12O4. The van der Waals surface area contributed by atoms with Gasteiger partial charge in [0.05, 0.1) is 19.0 Å². The zero-order valence-corrected chi connectivity index (χ0v) is 7.77. The molecule has 1 aliphatic rings. The van der Waals surface area contributed by atoms with Crippen molar-refractivity contribution in [1.29, 1.82) is 0 Å². The average molecular weight is 196 g/mol. The Morgan fingerprint density at radius 1 is 1.64 bits per heavy atom. The summed E-state index contributed by atoms with van der Waals surface area (Å²) in [6.07, 6.45) is 2.41. The lowest BCUT2D eigenvalue weighted by Gasteiger charge is -2.07. The fourth-order valence-corrected chi connectivity index (χ4v) is 1.35. The van der Waals surface area contributed by atoms with Crippen molar-refractivity contribution in [2.45, 2.75) is 12.5 Å². The van der Waals surface area contributed by atoms with Crippen LogP contribution in [-0.4, -0.2) is 31.7 Å². The van der Waals surface area contributed by atoms with E-state index < -0.39 is 0 Å². The van der Waals surface area contributed by atoms with Gasteiger partial charge in [0, 0.05) is 6.61 Å². The summed E-state index contributed by atoms with van der Waals surface area (Å²) in [5.74, 6) is 0.228. The summed E-state index contributed by atoms with van der Waals surface area (Å²) in [5, 5.41) is 0. The maximum Gasteiger partial charge on any atom is 0.223 e. The number of ether oxygens (including phenoxy) is 2. The van der Waals surface area contributed by atoms with E-state index in [1.54, 1.807) is 12.1 Å². The van der Waals surface area contributed by atoms with Gasteiger partial charge in [-0.1, -0.05) is 0 Å². The highest BCUT2D eigenvalue weighted by Crippen LogP contribution is 2.09. The van der Waals surface area contributed by atoms with Crippen LogP contribution >= 0.6 is 0 Å². The molecular weight excluding hydrogens is 184 g/mol. The fourth-order valence-electron chi connectivity index (χ4n) is 1.35. The quantitative estimate of drug-likeness (QED) is 0.680. The lowest BCUT2D eigenvalue weighted by molar-refractivity contribution is 0.0375. The van der Waals surface area contributed by atoms with Crippen LogP contribution < -0.4 is 0 Å². The van der Waals surface area contributed by atoms with Crippen LogP contribution in [0.4, 0.5) is 0 Å². The van der Waals surface area contributed by atoms with Gasteiger partial charge in [-0.3, -0.25) is 4.79 Å². The minimum absolute atomic E-state index is 0.0638. The number of rotatable bonds is 4. The van der Waals surface area contributed by atoms with Crippen LogP contribution in [-0.2, 0) is 9.47 Å². The molecule has 1 atom stereocenters. The number of hydrogen-bond acceptors (Lipinski definition) is 4. The smallest absolute Gasteiger partial charge is 0.223 e. The van der Waals surface area contributed by atoms with Gasteiger partial charge >= 0.3 is 0 Å². The van der Waals surface area contributed by atoms with Crippen molar-refractivity contribution >= 4 is 5.78 Å². The summed E-state index contributed by atoms with van der Waals surface area (Å²) in [4.78, 5) is 11.4. The molecule has 1 aromatic heterocycles. The number of hydrogen-bond donors (Lipinski definition) is 0. The highest BCUT2D eigenvalue weighted by Gasteiger charge is 2.18. The minimum Gasteiger partial charge on any atom is -0.461 e. The van der Waals surface area contributed by atoms with E-state index in [1.165, 1.54) is 6.26 Å². The molecule has 4 nitrogen and oxygen atoms in total. The summed E-state index contributed by atoms with van der Waals surface area (Å²) in [7, 11) is 0. The summed E-state index contributed by atoms with van der Waals surface area (Å²) in [6, 6.07) is 3.32. The fraction of sp³-hybridized carbons (Fsp3) is 0.500. The Labute approximate surface area is 81.8 Å². The summed E-state index contributed by atoms with van der Waals surface area (Å²) in [6.45, 7) is 1.38. The molecule has 2 heterocycles. The number of Topliss-reactive ketones (excluding diaryl/α,β-unsaturated/α-hetero) is 1. The number of carbonyl (C=O) groups excluding carboxylic acids is 1. The standard InChI is InChI=1S/C10H12O4/c11-9(10-2-1-4-13-10)7-14-8-3-5-12-6-8/h1-2,4,8H,3,5-7H2. The summed E-state index contributed by atoms with van der Waals surface area (Å²) < 4.78 is 15.4. The molecule has 1 fully saturated rings. The third-order valence-corrected chi connectivity index (χ3v) is 2.13. The third-order valence-electron chi connectivity index (χ3n) is 2.13. The lowest BCUT2D eigenvalue weighted by Crippen LogP contribution is -2.18. The molecule has 0 aromatic carbocycles. The van der Waals surface area contributed by atoms with Crippen molar-refractivity contribution in [1.82, 2.24) is 0 Å². The molecule has 0 saturated carbocycles. The van der Waals surface area contributed by atoms with Crippen LogP contribution in [0, 0.1) is 0 Å². The molecule has 0 aliphatic carbocycles. The lowest BCUT2D eigenvalue weighted by atomic mass is 10.3. The second-order valence-electron chi connectivity index (χ2n) is 3.20. The predicted molar refractivity (Wildman–Crippen MR) is 48.2 cm³/mol. The second kappa shape index (κ2) is 4.39. The van der Waals surface area contributed by atoms with E-state index in [0.717, 1.165) is 13.0 Å². The molecule has 14 heavy (non-hydrogen) atoms. The molecule has 4 heteroatoms. The SMILES string of the molecule is O=C(COC1CCOC1)c1ccco1. The van der Waals surface area contributed by atoms with Crippen molar-refractivity contribution in [3.05, 3.63) is 24.2 Å². The monoisotopic (exact) mass is 196 g/mol. The first kappa shape index (κ1) is 9.43. The highest BCUT2D eigenvalue weighted by molar-refractivity contribution is 5.94. The van der Waals surface area contributed by atoms with E-state index in [0.29, 0.717) is 12.4 Å². The van der Waals surface area contributed by atoms with Crippen LogP contribution in [0.25, 0.3) is 0 Å². The van der Waals surface area contributed by atoms with Crippen LogP contribution in [0.3, 0.4) is 0 Å². The van der Waals surface area contributed by atoms with Gasteiger partial charge in [0.25, 0.3) is 0 Å². The van der Waals surface area contributed by atoms with Crippen molar-refractivity contribution < 1.29 is 18.7 Å². The van der Waals surface area contributed by atoms with E-state index in [9.17, 15) is 4.79 Å². The molecule has 1 aromatic rings. The molecule has 1 saturated heterocycles. The largest absolute Gasteiger partial charge is 0.461 e. The number of carbonyl (C=O) groups is 1. The van der Waals surface area contributed by atoms with E-state index in [-0.39, 0.29) is 18.5 Å². The Morgan fingerprint density at radius 3 is 3.21 bits per heavy atom. The van der Waals surface area contributed by atoms with Gasteiger partial charge < -0.3 is 13.9 Å². The molecule has 0 bridgehead atoms. The topological polar surface area (TPSA) is 48.7 Å². The Kier molecular flexibility index (Phi) is 2.96. The van der Waals surface area contributed by atoms with Gasteiger partial charge in [-0.2, -0.15) is 0 Å². The van der Waals surface area contributed by atoms with Crippen LogP contribution in [0.1, 0.15) is 17.0 Å².